The van der Waals surface area contributed by atoms with Crippen LogP contribution in [0.2, 0.25) is 0 Å². The summed E-state index contributed by atoms with van der Waals surface area (Å²) in [6, 6.07) is 31.0. The van der Waals surface area contributed by atoms with Crippen LogP contribution in [0.5, 0.6) is 0 Å². The Bertz CT molecular complexity index is 1350. The maximum absolute atomic E-state index is 14.5. The number of hydrogen-bond acceptors (Lipinski definition) is 1. The molecule has 3 aromatic rings. The van der Waals surface area contributed by atoms with E-state index < -0.39 is 7.26 Å². The smallest absolute Gasteiger partial charge is 0.0487 e. The van der Waals surface area contributed by atoms with Crippen LogP contribution in [0.3, 0.4) is 0 Å². The standard InChI is InChI=1S/C38H43OP/c1-30(26-27-36-32(3)19-16-28-38(36,4)5)17-15-18-31(2)29-37(39)40(33-20-9-6-10-21-33,34-22-11-7-12-23-34)35-24-13-8-14-25-35/h6-15,17-18,20-27,29,40H,16,19,28H2,1-5H3/b18-15+,27-26+,30-17+,31-29+. The number of carbonyl (C=O) groups excluding carboxylic acids is 1. The Morgan fingerprint density at radius 3 is 1.73 bits per heavy atom. The van der Waals surface area contributed by atoms with Crippen molar-refractivity contribution in [3.05, 3.63) is 150 Å². The summed E-state index contributed by atoms with van der Waals surface area (Å²) in [5, 5.41) is 3.30. The van der Waals surface area contributed by atoms with Crippen LogP contribution in [0.4, 0.5) is 0 Å². The van der Waals surface area contributed by atoms with E-state index >= 15 is 0 Å². The Labute approximate surface area is 242 Å². The van der Waals surface area contributed by atoms with E-state index in [1.165, 1.54) is 36.0 Å². The molecule has 40 heavy (non-hydrogen) atoms. The second kappa shape index (κ2) is 13.2. The van der Waals surface area contributed by atoms with Crippen LogP contribution in [-0.2, 0) is 4.79 Å². The number of rotatable bonds is 9. The molecule has 0 heterocycles. The van der Waals surface area contributed by atoms with E-state index in [9.17, 15) is 4.79 Å². The molecule has 0 spiro atoms. The molecule has 0 radical (unpaired) electrons. The van der Waals surface area contributed by atoms with Gasteiger partial charge in [-0.2, -0.15) is 0 Å². The molecule has 0 unspecified atom stereocenters. The van der Waals surface area contributed by atoms with Gasteiger partial charge >= 0.3 is 236 Å². The summed E-state index contributed by atoms with van der Waals surface area (Å²) in [5.74, 6) is 0. The van der Waals surface area contributed by atoms with E-state index in [4.69, 9.17) is 0 Å². The molecule has 1 aliphatic rings. The van der Waals surface area contributed by atoms with Gasteiger partial charge in [0.25, 0.3) is 0 Å². The zero-order chi connectivity index (χ0) is 28.6. The summed E-state index contributed by atoms with van der Waals surface area (Å²) in [6.07, 6.45) is 16.3. The second-order valence-electron chi connectivity index (χ2n) is 11.6. The van der Waals surface area contributed by atoms with Gasteiger partial charge in [0.05, 0.1) is 0 Å². The zero-order valence-corrected chi connectivity index (χ0v) is 25.7. The summed E-state index contributed by atoms with van der Waals surface area (Å²) in [5.41, 5.74) is 5.54. The number of hydrogen-bond donors (Lipinski definition) is 0. The first kappa shape index (κ1) is 29.4. The molecule has 206 valence electrons. The molecule has 1 nitrogen and oxygen atoms in total. The van der Waals surface area contributed by atoms with Crippen molar-refractivity contribution in [2.45, 2.75) is 53.9 Å². The molecule has 0 saturated carbocycles. The molecule has 2 heteroatoms. The summed E-state index contributed by atoms with van der Waals surface area (Å²) in [6.45, 7) is 11.1. The maximum atomic E-state index is 14.5. The minimum Gasteiger partial charge on any atom is -0.0487 e. The summed E-state index contributed by atoms with van der Waals surface area (Å²) in [7, 11) is -2.98. The van der Waals surface area contributed by atoms with E-state index in [0.29, 0.717) is 0 Å². The van der Waals surface area contributed by atoms with Crippen molar-refractivity contribution in [1.29, 1.82) is 0 Å². The van der Waals surface area contributed by atoms with Gasteiger partial charge in [-0.1, -0.05) is 0 Å². The average Bonchev–Trinajstić information content (AvgIpc) is 2.94. The molecule has 0 saturated heterocycles. The van der Waals surface area contributed by atoms with Crippen molar-refractivity contribution in [2.24, 2.45) is 5.41 Å². The molecular weight excluding hydrogens is 503 g/mol. The van der Waals surface area contributed by atoms with Crippen LogP contribution in [0.25, 0.3) is 0 Å². The average molecular weight is 547 g/mol. The van der Waals surface area contributed by atoms with Gasteiger partial charge < -0.3 is 0 Å². The van der Waals surface area contributed by atoms with E-state index in [1.54, 1.807) is 0 Å². The molecular formula is C38H43OP. The Hall–Kier alpha value is -3.54. The molecule has 0 bridgehead atoms. The van der Waals surface area contributed by atoms with Crippen molar-refractivity contribution >= 4 is 28.7 Å². The first-order valence-corrected chi connectivity index (χ1v) is 16.4. The van der Waals surface area contributed by atoms with Crippen molar-refractivity contribution < 1.29 is 4.79 Å². The van der Waals surface area contributed by atoms with Gasteiger partial charge in [0.15, 0.2) is 0 Å². The van der Waals surface area contributed by atoms with E-state index in [0.717, 1.165) is 21.5 Å². The van der Waals surface area contributed by atoms with Crippen LogP contribution in [-0.4, -0.2) is 5.52 Å². The van der Waals surface area contributed by atoms with Gasteiger partial charge in [-0.3, -0.25) is 0 Å². The Morgan fingerprint density at radius 2 is 1.25 bits per heavy atom. The van der Waals surface area contributed by atoms with Crippen LogP contribution in [0.15, 0.2) is 150 Å². The second-order valence-corrected chi connectivity index (χ2v) is 15.4. The Balaban J connectivity index is 1.66. The number of allylic oxidation sites excluding steroid dienone is 10. The number of benzene rings is 3. The molecule has 4 rings (SSSR count). The van der Waals surface area contributed by atoms with Crippen molar-refractivity contribution in [3.8, 4) is 0 Å². The summed E-state index contributed by atoms with van der Waals surface area (Å²) >= 11 is 0. The quantitative estimate of drug-likeness (QED) is 0.149. The molecule has 0 atom stereocenters. The van der Waals surface area contributed by atoms with E-state index in [-0.39, 0.29) is 10.9 Å². The predicted octanol–water partition coefficient (Wildman–Crippen LogP) is 8.77. The van der Waals surface area contributed by atoms with Gasteiger partial charge in [-0.25, -0.2) is 0 Å². The van der Waals surface area contributed by atoms with Gasteiger partial charge in [0.1, 0.15) is 0 Å². The summed E-state index contributed by atoms with van der Waals surface area (Å²) in [4.78, 5) is 14.5. The normalized spacial score (nSPS) is 17.0. The molecule has 0 aromatic heterocycles. The van der Waals surface area contributed by atoms with Crippen LogP contribution in [0.1, 0.15) is 53.9 Å². The van der Waals surface area contributed by atoms with Gasteiger partial charge in [0, 0.05) is 0 Å². The topological polar surface area (TPSA) is 17.1 Å². The fraction of sp³-hybridized carbons (Fsp3) is 0.237. The third-order valence-corrected chi connectivity index (χ3v) is 12.6. The van der Waals surface area contributed by atoms with E-state index in [1.807, 2.05) is 73.7 Å². The van der Waals surface area contributed by atoms with Gasteiger partial charge in [0.2, 0.25) is 0 Å². The third-order valence-electron chi connectivity index (χ3n) is 8.12. The predicted molar refractivity (Wildman–Crippen MR) is 178 cm³/mol. The molecule has 0 N–H and O–H groups in total. The first-order valence-electron chi connectivity index (χ1n) is 14.4. The van der Waals surface area contributed by atoms with Crippen molar-refractivity contribution in [3.63, 3.8) is 0 Å². The van der Waals surface area contributed by atoms with Crippen LogP contribution >= 0.6 is 7.26 Å². The van der Waals surface area contributed by atoms with Gasteiger partial charge in [-0.05, 0) is 6.42 Å². The zero-order valence-electron chi connectivity index (χ0n) is 24.7. The minimum atomic E-state index is -2.98. The molecule has 0 amide bonds. The molecule has 1 aliphatic carbocycles. The SMILES string of the molecule is CC1=C(/C=C/C(C)=C/C=C/C(C)=C/C(=O)[PH](c2ccccc2)(c2ccccc2)c2ccccc2)C(C)(C)CCC1. The van der Waals surface area contributed by atoms with Gasteiger partial charge in [-0.15, -0.1) is 0 Å². The van der Waals surface area contributed by atoms with Crippen molar-refractivity contribution in [1.82, 2.24) is 0 Å². The fourth-order valence-corrected chi connectivity index (χ4v) is 10.4. The van der Waals surface area contributed by atoms with Crippen molar-refractivity contribution in [2.75, 3.05) is 0 Å². The molecule has 3 aromatic carbocycles. The first-order chi connectivity index (χ1) is 19.2. The number of carbonyl (C=O) groups is 1. The molecule has 0 aliphatic heterocycles. The molecule has 0 fully saturated rings. The Morgan fingerprint density at radius 1 is 0.750 bits per heavy atom. The fourth-order valence-electron chi connectivity index (χ4n) is 5.99. The monoisotopic (exact) mass is 546 g/mol. The van der Waals surface area contributed by atoms with E-state index in [2.05, 4.69) is 88.4 Å². The Kier molecular flexibility index (Phi) is 9.72. The third kappa shape index (κ3) is 6.60. The van der Waals surface area contributed by atoms with Crippen LogP contribution in [0, 0.1) is 5.41 Å². The summed E-state index contributed by atoms with van der Waals surface area (Å²) < 4.78 is 0. The minimum absolute atomic E-state index is 0.181. The van der Waals surface area contributed by atoms with Crippen LogP contribution < -0.4 is 15.9 Å².